The van der Waals surface area contributed by atoms with Crippen LogP contribution in [-0.2, 0) is 0 Å². The quantitative estimate of drug-likeness (QED) is 0.920. The van der Waals surface area contributed by atoms with Gasteiger partial charge in [-0.05, 0) is 24.3 Å². The van der Waals surface area contributed by atoms with Crippen LogP contribution in [0.4, 0.5) is 4.39 Å². The van der Waals surface area contributed by atoms with E-state index in [4.69, 9.17) is 19.9 Å². The van der Waals surface area contributed by atoms with Crippen molar-refractivity contribution < 1.29 is 18.6 Å². The van der Waals surface area contributed by atoms with E-state index in [1.54, 1.807) is 30.3 Å². The van der Waals surface area contributed by atoms with E-state index in [0.717, 1.165) is 0 Å². The molecule has 0 amide bonds. The zero-order chi connectivity index (χ0) is 15.4. The van der Waals surface area contributed by atoms with Gasteiger partial charge in [-0.15, -0.1) is 0 Å². The van der Waals surface area contributed by atoms with Crippen molar-refractivity contribution in [3.8, 4) is 17.2 Å². The van der Waals surface area contributed by atoms with Gasteiger partial charge in [0.1, 0.15) is 23.1 Å². The Hall–Kier alpha value is -2.27. The standard InChI is InChI=1S/C16H18FNO3/c1-19-11-7-4-6-10(17)14(11)16(18)15-12(20-2)8-5-9-13(15)21-3/h4-9,16H,18H2,1-3H3. The molecule has 0 radical (unpaired) electrons. The molecule has 2 aromatic rings. The highest BCUT2D eigenvalue weighted by atomic mass is 19.1. The first-order chi connectivity index (χ1) is 10.1. The van der Waals surface area contributed by atoms with Gasteiger partial charge in [0, 0.05) is 0 Å². The highest BCUT2D eigenvalue weighted by molar-refractivity contribution is 5.53. The third-order valence-electron chi connectivity index (χ3n) is 3.32. The third-order valence-corrected chi connectivity index (χ3v) is 3.32. The van der Waals surface area contributed by atoms with Crippen LogP contribution in [0.5, 0.6) is 17.2 Å². The Kier molecular flexibility index (Phi) is 4.65. The Morgan fingerprint density at radius 2 is 1.24 bits per heavy atom. The number of hydrogen-bond acceptors (Lipinski definition) is 4. The Morgan fingerprint density at radius 3 is 1.71 bits per heavy atom. The minimum absolute atomic E-state index is 0.266. The van der Waals surface area contributed by atoms with Gasteiger partial charge in [-0.2, -0.15) is 0 Å². The third kappa shape index (κ3) is 2.78. The highest BCUT2D eigenvalue weighted by Gasteiger charge is 2.24. The molecule has 4 nitrogen and oxygen atoms in total. The van der Waals surface area contributed by atoms with Crippen molar-refractivity contribution in [2.75, 3.05) is 21.3 Å². The van der Waals surface area contributed by atoms with Crippen molar-refractivity contribution in [1.82, 2.24) is 0 Å². The maximum Gasteiger partial charge on any atom is 0.132 e. The van der Waals surface area contributed by atoms with E-state index < -0.39 is 11.9 Å². The molecule has 2 N–H and O–H groups in total. The summed E-state index contributed by atoms with van der Waals surface area (Å²) in [6.45, 7) is 0. The second-order valence-corrected chi connectivity index (χ2v) is 4.41. The number of methoxy groups -OCH3 is 3. The monoisotopic (exact) mass is 291 g/mol. The van der Waals surface area contributed by atoms with Gasteiger partial charge in [0.2, 0.25) is 0 Å². The molecule has 2 rings (SSSR count). The summed E-state index contributed by atoms with van der Waals surface area (Å²) in [7, 11) is 4.54. The van der Waals surface area contributed by atoms with E-state index in [1.165, 1.54) is 27.4 Å². The molecule has 0 heterocycles. The molecule has 1 unspecified atom stereocenters. The molecule has 0 aromatic heterocycles. The number of nitrogens with two attached hydrogens (primary N) is 1. The smallest absolute Gasteiger partial charge is 0.132 e. The average molecular weight is 291 g/mol. The molecule has 2 aromatic carbocycles. The number of halogens is 1. The van der Waals surface area contributed by atoms with Gasteiger partial charge >= 0.3 is 0 Å². The minimum atomic E-state index is -0.771. The van der Waals surface area contributed by atoms with Crippen molar-refractivity contribution in [2.45, 2.75) is 6.04 Å². The van der Waals surface area contributed by atoms with Crippen LogP contribution in [0.3, 0.4) is 0 Å². The first-order valence-corrected chi connectivity index (χ1v) is 6.42. The van der Waals surface area contributed by atoms with Gasteiger partial charge in [0.15, 0.2) is 0 Å². The fourth-order valence-electron chi connectivity index (χ4n) is 2.33. The van der Waals surface area contributed by atoms with Gasteiger partial charge in [-0.3, -0.25) is 0 Å². The number of hydrogen-bond donors (Lipinski definition) is 1. The lowest BCUT2D eigenvalue weighted by atomic mass is 9.96. The minimum Gasteiger partial charge on any atom is -0.496 e. The Balaban J connectivity index is 2.62. The van der Waals surface area contributed by atoms with Gasteiger partial charge < -0.3 is 19.9 Å². The van der Waals surface area contributed by atoms with Crippen LogP contribution in [0.1, 0.15) is 17.2 Å². The van der Waals surface area contributed by atoms with E-state index in [2.05, 4.69) is 0 Å². The first-order valence-electron chi connectivity index (χ1n) is 6.42. The molecule has 21 heavy (non-hydrogen) atoms. The summed E-state index contributed by atoms with van der Waals surface area (Å²) in [4.78, 5) is 0. The van der Waals surface area contributed by atoms with Crippen LogP contribution < -0.4 is 19.9 Å². The maximum atomic E-state index is 14.2. The molecule has 0 aliphatic rings. The summed E-state index contributed by atoms with van der Waals surface area (Å²) in [6, 6.07) is 9.11. The summed E-state index contributed by atoms with van der Waals surface area (Å²) in [6.07, 6.45) is 0. The first kappa shape index (κ1) is 15.1. The molecule has 0 bridgehead atoms. The van der Waals surface area contributed by atoms with Crippen LogP contribution in [0.25, 0.3) is 0 Å². The number of benzene rings is 2. The van der Waals surface area contributed by atoms with Crippen molar-refractivity contribution in [3.05, 3.63) is 53.3 Å². The van der Waals surface area contributed by atoms with Crippen LogP contribution >= 0.6 is 0 Å². The number of ether oxygens (including phenoxy) is 3. The van der Waals surface area contributed by atoms with E-state index >= 15 is 0 Å². The average Bonchev–Trinajstić information content (AvgIpc) is 2.52. The molecular weight excluding hydrogens is 273 g/mol. The molecule has 0 saturated heterocycles. The van der Waals surface area contributed by atoms with Crippen LogP contribution in [0.15, 0.2) is 36.4 Å². The molecule has 0 aliphatic heterocycles. The van der Waals surface area contributed by atoms with Crippen LogP contribution in [-0.4, -0.2) is 21.3 Å². The normalized spacial score (nSPS) is 11.9. The van der Waals surface area contributed by atoms with E-state index in [1.807, 2.05) is 0 Å². The lowest BCUT2D eigenvalue weighted by Gasteiger charge is -2.21. The summed E-state index contributed by atoms with van der Waals surface area (Å²) >= 11 is 0. The van der Waals surface area contributed by atoms with E-state index in [-0.39, 0.29) is 5.56 Å². The van der Waals surface area contributed by atoms with Gasteiger partial charge in [-0.1, -0.05) is 12.1 Å². The SMILES string of the molecule is COc1cccc(F)c1C(N)c1c(OC)cccc1OC. The lowest BCUT2D eigenvalue weighted by Crippen LogP contribution is -2.17. The molecule has 1 atom stereocenters. The van der Waals surface area contributed by atoms with Crippen LogP contribution in [0.2, 0.25) is 0 Å². The Labute approximate surface area is 123 Å². The molecule has 0 aliphatic carbocycles. The second kappa shape index (κ2) is 6.45. The van der Waals surface area contributed by atoms with Gasteiger partial charge in [0.25, 0.3) is 0 Å². The zero-order valence-electron chi connectivity index (χ0n) is 12.2. The van der Waals surface area contributed by atoms with Gasteiger partial charge in [0.05, 0.1) is 38.5 Å². The highest BCUT2D eigenvalue weighted by Crippen LogP contribution is 2.39. The van der Waals surface area contributed by atoms with Crippen molar-refractivity contribution in [2.24, 2.45) is 5.73 Å². The summed E-state index contributed by atoms with van der Waals surface area (Å²) in [5, 5.41) is 0. The largest absolute Gasteiger partial charge is 0.496 e. The van der Waals surface area contributed by atoms with Crippen molar-refractivity contribution >= 4 is 0 Å². The fourth-order valence-corrected chi connectivity index (χ4v) is 2.33. The van der Waals surface area contributed by atoms with Crippen molar-refractivity contribution in [3.63, 3.8) is 0 Å². The molecule has 0 spiro atoms. The Bertz CT molecular complexity index is 609. The zero-order valence-corrected chi connectivity index (χ0v) is 12.2. The molecular formula is C16H18FNO3. The van der Waals surface area contributed by atoms with Crippen LogP contribution in [0, 0.1) is 5.82 Å². The summed E-state index contributed by atoms with van der Waals surface area (Å²) in [5.41, 5.74) is 7.11. The maximum absolute atomic E-state index is 14.2. The van der Waals surface area contributed by atoms with E-state index in [9.17, 15) is 4.39 Å². The predicted molar refractivity (Wildman–Crippen MR) is 78.5 cm³/mol. The topological polar surface area (TPSA) is 53.7 Å². The molecule has 5 heteroatoms. The number of rotatable bonds is 5. The second-order valence-electron chi connectivity index (χ2n) is 4.41. The van der Waals surface area contributed by atoms with Crippen molar-refractivity contribution in [1.29, 1.82) is 0 Å². The fraction of sp³-hybridized carbons (Fsp3) is 0.250. The summed E-state index contributed by atoms with van der Waals surface area (Å²) in [5.74, 6) is 1.02. The lowest BCUT2D eigenvalue weighted by molar-refractivity contribution is 0.377. The van der Waals surface area contributed by atoms with Gasteiger partial charge in [-0.25, -0.2) is 4.39 Å². The molecule has 112 valence electrons. The van der Waals surface area contributed by atoms with E-state index in [0.29, 0.717) is 22.8 Å². The Morgan fingerprint density at radius 1 is 0.810 bits per heavy atom. The molecule has 0 fully saturated rings. The summed E-state index contributed by atoms with van der Waals surface area (Å²) < 4.78 is 30.1. The predicted octanol–water partition coefficient (Wildman–Crippen LogP) is 2.90. The molecule has 0 saturated carbocycles.